The van der Waals surface area contributed by atoms with E-state index in [-0.39, 0.29) is 6.04 Å². The molecule has 3 rings (SSSR count). The first-order valence-electron chi connectivity index (χ1n) is 8.03. The van der Waals surface area contributed by atoms with E-state index >= 15 is 4.39 Å². The van der Waals surface area contributed by atoms with Gasteiger partial charge in [0.05, 0.1) is 0 Å². The van der Waals surface area contributed by atoms with E-state index in [1.54, 1.807) is 12.1 Å². The lowest BCUT2D eigenvalue weighted by atomic mass is 9.93. The van der Waals surface area contributed by atoms with Crippen LogP contribution in [0.5, 0.6) is 5.75 Å². The lowest BCUT2D eigenvalue weighted by Crippen LogP contribution is -2.26. The first-order valence-corrected chi connectivity index (χ1v) is 8.03. The number of rotatable bonds is 4. The van der Waals surface area contributed by atoms with Crippen molar-refractivity contribution >= 4 is 0 Å². The highest BCUT2D eigenvalue weighted by Crippen LogP contribution is 2.36. The number of benzene rings is 1. The molecule has 1 unspecified atom stereocenters. The zero-order valence-electron chi connectivity index (χ0n) is 13.5. The summed E-state index contributed by atoms with van der Waals surface area (Å²) >= 11 is 0. The van der Waals surface area contributed by atoms with Gasteiger partial charge in [-0.3, -0.25) is 4.68 Å². The molecule has 0 amide bonds. The summed E-state index contributed by atoms with van der Waals surface area (Å²) in [5, 5.41) is 4.58. The van der Waals surface area contributed by atoms with Crippen LogP contribution in [0.25, 0.3) is 0 Å². The van der Waals surface area contributed by atoms with Gasteiger partial charge in [-0.05, 0) is 51.7 Å². The molecule has 22 heavy (non-hydrogen) atoms. The quantitative estimate of drug-likeness (QED) is 0.827. The lowest BCUT2D eigenvalue weighted by molar-refractivity contribution is -0.0556. The van der Waals surface area contributed by atoms with Crippen LogP contribution in [-0.2, 0) is 18.7 Å². The van der Waals surface area contributed by atoms with Crippen molar-refractivity contribution in [2.24, 2.45) is 0 Å². The number of hydrogen-bond donors (Lipinski definition) is 0. The summed E-state index contributed by atoms with van der Waals surface area (Å²) in [6, 6.07) is 9.33. The molecule has 1 aromatic carbocycles. The fourth-order valence-corrected chi connectivity index (χ4v) is 3.17. The van der Waals surface area contributed by atoms with Crippen molar-refractivity contribution in [1.82, 2.24) is 9.78 Å². The molecule has 0 fully saturated rings. The Hall–Kier alpha value is -1.84. The van der Waals surface area contributed by atoms with Crippen molar-refractivity contribution in [3.05, 3.63) is 47.3 Å². The van der Waals surface area contributed by atoms with Crippen molar-refractivity contribution < 1.29 is 9.13 Å². The molecule has 3 nitrogen and oxygen atoms in total. The minimum Gasteiger partial charge on any atom is -0.452 e. The van der Waals surface area contributed by atoms with Crippen LogP contribution in [0, 0.1) is 0 Å². The average molecular weight is 302 g/mol. The summed E-state index contributed by atoms with van der Waals surface area (Å²) in [6.45, 7) is 5.63. The van der Waals surface area contributed by atoms with Gasteiger partial charge in [-0.15, -0.1) is 0 Å². The zero-order valence-corrected chi connectivity index (χ0v) is 13.5. The van der Waals surface area contributed by atoms with Crippen LogP contribution in [0.4, 0.5) is 4.39 Å². The largest absolute Gasteiger partial charge is 0.452 e. The monoisotopic (exact) mass is 302 g/mol. The summed E-state index contributed by atoms with van der Waals surface area (Å²) in [6.07, 6.45) is 4.09. The molecule has 0 bridgehead atoms. The summed E-state index contributed by atoms with van der Waals surface area (Å²) in [4.78, 5) is 0. The molecule has 2 aromatic rings. The number of fused-ring (bicyclic) bond motifs is 1. The summed E-state index contributed by atoms with van der Waals surface area (Å²) < 4.78 is 22.8. The molecular formula is C18H23FN2O. The van der Waals surface area contributed by atoms with Gasteiger partial charge in [0, 0.05) is 24.2 Å². The fraction of sp³-hybridized carbons (Fsp3) is 0.500. The van der Waals surface area contributed by atoms with Crippen LogP contribution in [0.3, 0.4) is 0 Å². The minimum absolute atomic E-state index is 0.230. The maximum absolute atomic E-state index is 15.3. The van der Waals surface area contributed by atoms with Gasteiger partial charge in [0.15, 0.2) is 0 Å². The molecule has 4 heteroatoms. The molecule has 0 saturated heterocycles. The van der Waals surface area contributed by atoms with E-state index in [1.807, 2.05) is 22.9 Å². The van der Waals surface area contributed by atoms with Gasteiger partial charge in [-0.2, -0.15) is 9.49 Å². The SMILES string of the molecule is CC(C)n1nc(C(C)(F)Oc2ccccc2)c2c1CCCC2. The lowest BCUT2D eigenvalue weighted by Gasteiger charge is -2.22. The number of aromatic nitrogens is 2. The van der Waals surface area contributed by atoms with Gasteiger partial charge < -0.3 is 4.74 Å². The van der Waals surface area contributed by atoms with E-state index in [2.05, 4.69) is 18.9 Å². The molecule has 0 N–H and O–H groups in total. The van der Waals surface area contributed by atoms with Gasteiger partial charge in [0.1, 0.15) is 11.4 Å². The Morgan fingerprint density at radius 3 is 2.55 bits per heavy atom. The summed E-state index contributed by atoms with van der Waals surface area (Å²) in [5.41, 5.74) is 2.66. The second-order valence-electron chi connectivity index (χ2n) is 6.35. The predicted octanol–water partition coefficient (Wildman–Crippen LogP) is 4.56. The third kappa shape index (κ3) is 2.74. The van der Waals surface area contributed by atoms with Gasteiger partial charge in [-0.25, -0.2) is 0 Å². The second kappa shape index (κ2) is 5.75. The fourth-order valence-electron chi connectivity index (χ4n) is 3.17. The minimum atomic E-state index is -1.91. The van der Waals surface area contributed by atoms with Gasteiger partial charge >= 0.3 is 0 Å². The molecule has 0 aliphatic heterocycles. The second-order valence-corrected chi connectivity index (χ2v) is 6.35. The third-order valence-corrected chi connectivity index (χ3v) is 4.17. The number of ether oxygens (including phenoxy) is 1. The smallest absolute Gasteiger partial charge is 0.289 e. The van der Waals surface area contributed by atoms with Gasteiger partial charge in [0.2, 0.25) is 0 Å². The standard InChI is InChI=1S/C18H23FN2O/c1-13(2)21-16-12-8-7-11-15(16)17(20-21)18(3,19)22-14-9-5-4-6-10-14/h4-6,9-10,13H,7-8,11-12H2,1-3H3. The average Bonchev–Trinajstić information content (AvgIpc) is 2.88. The highest BCUT2D eigenvalue weighted by atomic mass is 19.2. The van der Waals surface area contributed by atoms with E-state index < -0.39 is 5.85 Å². The van der Waals surface area contributed by atoms with Crippen LogP contribution >= 0.6 is 0 Å². The Morgan fingerprint density at radius 2 is 1.86 bits per heavy atom. The Morgan fingerprint density at radius 1 is 1.18 bits per heavy atom. The highest BCUT2D eigenvalue weighted by molar-refractivity contribution is 5.33. The number of nitrogens with zero attached hydrogens (tertiary/aromatic N) is 2. The van der Waals surface area contributed by atoms with E-state index in [9.17, 15) is 0 Å². The first kappa shape index (κ1) is 15.1. The van der Waals surface area contributed by atoms with Crippen LogP contribution < -0.4 is 4.74 Å². The van der Waals surface area contributed by atoms with Gasteiger partial charge in [-0.1, -0.05) is 18.2 Å². The van der Waals surface area contributed by atoms with Crippen molar-refractivity contribution in [3.63, 3.8) is 0 Å². The van der Waals surface area contributed by atoms with E-state index in [1.165, 1.54) is 12.6 Å². The normalized spacial score (nSPS) is 17.1. The number of halogens is 1. The van der Waals surface area contributed by atoms with Crippen molar-refractivity contribution in [2.75, 3.05) is 0 Å². The molecule has 1 aliphatic rings. The van der Waals surface area contributed by atoms with Crippen molar-refractivity contribution in [3.8, 4) is 5.75 Å². The number of hydrogen-bond acceptors (Lipinski definition) is 2. The molecule has 0 saturated carbocycles. The van der Waals surface area contributed by atoms with E-state index in [0.717, 1.165) is 31.2 Å². The Kier molecular flexibility index (Phi) is 3.94. The first-order chi connectivity index (χ1) is 10.5. The highest BCUT2D eigenvalue weighted by Gasteiger charge is 2.37. The molecule has 0 spiro atoms. The molecule has 1 aliphatic carbocycles. The topological polar surface area (TPSA) is 27.1 Å². The molecule has 1 aromatic heterocycles. The van der Waals surface area contributed by atoms with E-state index in [4.69, 9.17) is 4.74 Å². The maximum Gasteiger partial charge on any atom is 0.289 e. The van der Waals surface area contributed by atoms with Crippen LogP contribution in [0.1, 0.15) is 56.6 Å². The van der Waals surface area contributed by atoms with Crippen LogP contribution in [0.2, 0.25) is 0 Å². The molecule has 0 radical (unpaired) electrons. The predicted molar refractivity (Wildman–Crippen MR) is 84.8 cm³/mol. The number of para-hydroxylation sites is 1. The number of alkyl halides is 1. The molecule has 118 valence electrons. The Balaban J connectivity index is 1.99. The Labute approximate surface area is 131 Å². The van der Waals surface area contributed by atoms with E-state index in [0.29, 0.717) is 11.4 Å². The van der Waals surface area contributed by atoms with Crippen molar-refractivity contribution in [1.29, 1.82) is 0 Å². The van der Waals surface area contributed by atoms with Crippen LogP contribution in [-0.4, -0.2) is 9.78 Å². The summed E-state index contributed by atoms with van der Waals surface area (Å²) in [5.74, 6) is -1.39. The Bertz CT molecular complexity index is 647. The molecule has 1 atom stereocenters. The third-order valence-electron chi connectivity index (χ3n) is 4.17. The van der Waals surface area contributed by atoms with Gasteiger partial charge in [0.25, 0.3) is 5.85 Å². The summed E-state index contributed by atoms with van der Waals surface area (Å²) in [7, 11) is 0. The molecular weight excluding hydrogens is 279 g/mol. The van der Waals surface area contributed by atoms with Crippen LogP contribution in [0.15, 0.2) is 30.3 Å². The molecule has 1 heterocycles. The zero-order chi connectivity index (χ0) is 15.7. The van der Waals surface area contributed by atoms with Crippen molar-refractivity contribution in [2.45, 2.75) is 58.4 Å². The maximum atomic E-state index is 15.3.